The molecule has 1 aliphatic heterocycles. The van der Waals surface area contributed by atoms with E-state index in [0.29, 0.717) is 18.4 Å². The Kier molecular flexibility index (Phi) is 4.82. The van der Waals surface area contributed by atoms with Crippen LogP contribution in [0.5, 0.6) is 0 Å². The van der Waals surface area contributed by atoms with Gasteiger partial charge in [0.1, 0.15) is 5.54 Å². The number of carboxylic acids is 1. The Labute approximate surface area is 115 Å². The Morgan fingerprint density at radius 3 is 2.37 bits per heavy atom. The first-order valence-corrected chi connectivity index (χ1v) is 7.01. The lowest BCUT2D eigenvalue weighted by Crippen LogP contribution is -2.56. The lowest BCUT2D eigenvalue weighted by Gasteiger charge is -2.37. The fraction of sp³-hybridized carbons (Fsp3) is 0.857. The van der Waals surface area contributed by atoms with Gasteiger partial charge in [0.2, 0.25) is 0 Å². The summed E-state index contributed by atoms with van der Waals surface area (Å²) in [6.07, 6.45) is 1.01. The zero-order chi connectivity index (χ0) is 14.8. The molecule has 5 heteroatoms. The summed E-state index contributed by atoms with van der Waals surface area (Å²) < 4.78 is 0. The first kappa shape index (κ1) is 15.8. The van der Waals surface area contributed by atoms with Crippen LogP contribution in [0.25, 0.3) is 0 Å². The van der Waals surface area contributed by atoms with Gasteiger partial charge < -0.3 is 14.9 Å². The second kappa shape index (κ2) is 5.80. The molecule has 0 spiro atoms. The van der Waals surface area contributed by atoms with Crippen molar-refractivity contribution in [2.24, 2.45) is 11.8 Å². The lowest BCUT2D eigenvalue weighted by atomic mass is 9.95. The minimum Gasteiger partial charge on any atom is -0.480 e. The summed E-state index contributed by atoms with van der Waals surface area (Å²) in [4.78, 5) is 27.0. The van der Waals surface area contributed by atoms with Crippen molar-refractivity contribution < 1.29 is 14.7 Å². The van der Waals surface area contributed by atoms with Gasteiger partial charge in [-0.1, -0.05) is 13.8 Å². The summed E-state index contributed by atoms with van der Waals surface area (Å²) in [5.74, 6) is 0.110. The van der Waals surface area contributed by atoms with Crippen LogP contribution in [-0.4, -0.2) is 52.1 Å². The number of carboxylic acid groups (broad SMARTS) is 1. The van der Waals surface area contributed by atoms with Crippen LogP contribution in [0.3, 0.4) is 0 Å². The molecule has 0 bridgehead atoms. The highest BCUT2D eigenvalue weighted by molar-refractivity contribution is 5.85. The predicted octanol–water partition coefficient (Wildman–Crippen LogP) is 2.27. The van der Waals surface area contributed by atoms with Gasteiger partial charge >= 0.3 is 12.0 Å². The summed E-state index contributed by atoms with van der Waals surface area (Å²) in [6.45, 7) is 11.2. The fourth-order valence-corrected chi connectivity index (χ4v) is 2.56. The Morgan fingerprint density at radius 1 is 1.42 bits per heavy atom. The van der Waals surface area contributed by atoms with Crippen molar-refractivity contribution >= 4 is 12.0 Å². The van der Waals surface area contributed by atoms with E-state index in [-0.39, 0.29) is 6.03 Å². The lowest BCUT2D eigenvalue weighted by molar-refractivity contribution is -0.147. The van der Waals surface area contributed by atoms with Gasteiger partial charge in [-0.05, 0) is 39.0 Å². The van der Waals surface area contributed by atoms with E-state index in [2.05, 4.69) is 13.8 Å². The second-order valence-corrected chi connectivity index (χ2v) is 6.13. The number of carbonyl (C=O) groups excluding carboxylic acids is 1. The number of hydrogen-bond donors (Lipinski definition) is 1. The molecular formula is C14H26N2O3. The molecule has 1 rings (SSSR count). The number of amides is 2. The normalized spacial score (nSPS) is 19.9. The number of hydrogen-bond acceptors (Lipinski definition) is 2. The molecule has 1 N–H and O–H groups in total. The summed E-state index contributed by atoms with van der Waals surface area (Å²) in [7, 11) is 0. The molecule has 1 unspecified atom stereocenters. The van der Waals surface area contributed by atoms with Crippen LogP contribution < -0.4 is 0 Å². The molecule has 1 fully saturated rings. The van der Waals surface area contributed by atoms with Gasteiger partial charge in [0.05, 0.1) is 0 Å². The van der Waals surface area contributed by atoms with Gasteiger partial charge in [0, 0.05) is 19.6 Å². The smallest absolute Gasteiger partial charge is 0.329 e. The molecule has 0 saturated carbocycles. The monoisotopic (exact) mass is 270 g/mol. The Bertz CT molecular complexity index is 353. The van der Waals surface area contributed by atoms with E-state index in [9.17, 15) is 14.7 Å². The maximum atomic E-state index is 12.5. The number of carbonyl (C=O) groups is 2. The zero-order valence-electron chi connectivity index (χ0n) is 12.6. The van der Waals surface area contributed by atoms with Gasteiger partial charge in [-0.25, -0.2) is 9.59 Å². The Balaban J connectivity index is 2.79. The number of aliphatic carboxylic acids is 1. The first-order chi connectivity index (χ1) is 8.71. The number of nitrogens with zero attached hydrogens (tertiary/aromatic N) is 2. The molecule has 0 aromatic carbocycles. The molecule has 19 heavy (non-hydrogen) atoms. The van der Waals surface area contributed by atoms with Crippen molar-refractivity contribution in [2.45, 2.75) is 46.6 Å². The van der Waals surface area contributed by atoms with Gasteiger partial charge in [0.25, 0.3) is 0 Å². The van der Waals surface area contributed by atoms with Crippen LogP contribution in [0.4, 0.5) is 4.79 Å². The first-order valence-electron chi connectivity index (χ1n) is 7.01. The molecule has 2 amide bonds. The number of likely N-dealkylation sites (N-methyl/N-ethyl adjacent to an activating group) is 1. The van der Waals surface area contributed by atoms with Gasteiger partial charge in [-0.15, -0.1) is 0 Å². The van der Waals surface area contributed by atoms with Crippen molar-refractivity contribution in [1.82, 2.24) is 9.80 Å². The van der Waals surface area contributed by atoms with Crippen LogP contribution in [0.2, 0.25) is 0 Å². The molecule has 1 saturated heterocycles. The number of likely N-dealkylation sites (tertiary alicyclic amines) is 1. The predicted molar refractivity (Wildman–Crippen MR) is 74.0 cm³/mol. The highest BCUT2D eigenvalue weighted by Crippen LogP contribution is 2.26. The van der Waals surface area contributed by atoms with Crippen molar-refractivity contribution in [3.8, 4) is 0 Å². The van der Waals surface area contributed by atoms with Crippen LogP contribution in [0, 0.1) is 11.8 Å². The van der Waals surface area contributed by atoms with E-state index in [1.165, 1.54) is 4.90 Å². The average Bonchev–Trinajstić information content (AvgIpc) is 2.78. The van der Waals surface area contributed by atoms with Crippen molar-refractivity contribution in [3.05, 3.63) is 0 Å². The second-order valence-electron chi connectivity index (χ2n) is 6.13. The van der Waals surface area contributed by atoms with Crippen LogP contribution in [-0.2, 0) is 4.79 Å². The average molecular weight is 270 g/mol. The quantitative estimate of drug-likeness (QED) is 0.852. The van der Waals surface area contributed by atoms with E-state index in [1.54, 1.807) is 18.7 Å². The van der Waals surface area contributed by atoms with Gasteiger partial charge in [-0.2, -0.15) is 0 Å². The maximum absolute atomic E-state index is 12.5. The van der Waals surface area contributed by atoms with Crippen molar-refractivity contribution in [3.63, 3.8) is 0 Å². The molecule has 1 aliphatic rings. The molecular weight excluding hydrogens is 244 g/mol. The summed E-state index contributed by atoms with van der Waals surface area (Å²) in [6, 6.07) is -0.155. The Morgan fingerprint density at radius 2 is 2.00 bits per heavy atom. The van der Waals surface area contributed by atoms with Gasteiger partial charge in [-0.3, -0.25) is 0 Å². The minimum absolute atomic E-state index is 0.155. The SMILES string of the molecule is CCN(C(=O)N1CCC(C(C)C)C1)C(C)(C)C(=O)O. The molecule has 0 aliphatic carbocycles. The summed E-state index contributed by atoms with van der Waals surface area (Å²) >= 11 is 0. The van der Waals surface area contributed by atoms with E-state index in [4.69, 9.17) is 0 Å². The highest BCUT2D eigenvalue weighted by atomic mass is 16.4. The van der Waals surface area contributed by atoms with E-state index >= 15 is 0 Å². The van der Waals surface area contributed by atoms with Crippen molar-refractivity contribution in [2.75, 3.05) is 19.6 Å². The third-order valence-corrected chi connectivity index (χ3v) is 4.18. The topological polar surface area (TPSA) is 60.9 Å². The summed E-state index contributed by atoms with van der Waals surface area (Å²) in [5, 5.41) is 9.26. The minimum atomic E-state index is -1.16. The molecule has 110 valence electrons. The van der Waals surface area contributed by atoms with Gasteiger partial charge in [0.15, 0.2) is 0 Å². The van der Waals surface area contributed by atoms with E-state index in [1.807, 2.05) is 6.92 Å². The molecule has 0 aromatic rings. The van der Waals surface area contributed by atoms with E-state index < -0.39 is 11.5 Å². The molecule has 1 atom stereocenters. The third kappa shape index (κ3) is 3.19. The highest BCUT2D eigenvalue weighted by Gasteiger charge is 2.40. The zero-order valence-corrected chi connectivity index (χ0v) is 12.6. The van der Waals surface area contributed by atoms with Crippen molar-refractivity contribution in [1.29, 1.82) is 0 Å². The van der Waals surface area contributed by atoms with Crippen LogP contribution >= 0.6 is 0 Å². The number of urea groups is 1. The fourth-order valence-electron chi connectivity index (χ4n) is 2.56. The van der Waals surface area contributed by atoms with E-state index in [0.717, 1.165) is 19.5 Å². The molecule has 1 heterocycles. The number of rotatable bonds is 4. The maximum Gasteiger partial charge on any atom is 0.329 e. The third-order valence-electron chi connectivity index (χ3n) is 4.18. The standard InChI is InChI=1S/C14H26N2O3/c1-6-16(14(4,5)12(17)18)13(19)15-8-7-11(9-15)10(2)3/h10-11H,6-9H2,1-5H3,(H,17,18). The summed E-state index contributed by atoms with van der Waals surface area (Å²) in [5.41, 5.74) is -1.16. The molecule has 0 aromatic heterocycles. The molecule has 0 radical (unpaired) electrons. The van der Waals surface area contributed by atoms with Crippen LogP contribution in [0.15, 0.2) is 0 Å². The largest absolute Gasteiger partial charge is 0.480 e. The van der Waals surface area contributed by atoms with Crippen LogP contribution in [0.1, 0.15) is 41.0 Å². The Hall–Kier alpha value is -1.26. The molecule has 5 nitrogen and oxygen atoms in total.